The largest absolute Gasteiger partial charge is 0.496 e. The fourth-order valence-corrected chi connectivity index (χ4v) is 4.17. The van der Waals surface area contributed by atoms with E-state index in [0.29, 0.717) is 17.2 Å². The van der Waals surface area contributed by atoms with Crippen molar-refractivity contribution in [3.05, 3.63) is 71.7 Å². The van der Waals surface area contributed by atoms with Crippen LogP contribution in [0.5, 0.6) is 11.5 Å². The zero-order valence-corrected chi connectivity index (χ0v) is 17.2. The number of nitrogens with zero attached hydrogens (tertiary/aromatic N) is 2. The Bertz CT molecular complexity index is 1040. The summed E-state index contributed by atoms with van der Waals surface area (Å²) >= 11 is 0. The quantitative estimate of drug-likeness (QED) is 0.641. The highest BCUT2D eigenvalue weighted by atomic mass is 32.2. The molecule has 0 spiro atoms. The Labute approximate surface area is 171 Å². The Kier molecular flexibility index (Phi) is 6.56. The van der Waals surface area contributed by atoms with Gasteiger partial charge in [0.15, 0.2) is 0 Å². The summed E-state index contributed by atoms with van der Waals surface area (Å²) in [5.41, 5.74) is 2.42. The van der Waals surface area contributed by atoms with E-state index in [4.69, 9.17) is 9.47 Å². The van der Waals surface area contributed by atoms with Crippen molar-refractivity contribution in [3.8, 4) is 11.5 Å². The van der Waals surface area contributed by atoms with Crippen molar-refractivity contribution >= 4 is 22.4 Å². The molecule has 2 heterocycles. The van der Waals surface area contributed by atoms with Crippen LogP contribution in [0.25, 0.3) is 0 Å². The average molecular weight is 411 g/mol. The molecule has 0 aliphatic rings. The van der Waals surface area contributed by atoms with Crippen molar-refractivity contribution < 1.29 is 18.5 Å². The summed E-state index contributed by atoms with van der Waals surface area (Å²) in [4.78, 5) is 20.8. The van der Waals surface area contributed by atoms with E-state index in [2.05, 4.69) is 15.3 Å². The van der Waals surface area contributed by atoms with E-state index in [0.717, 1.165) is 11.1 Å². The van der Waals surface area contributed by atoms with E-state index in [1.54, 1.807) is 56.9 Å². The van der Waals surface area contributed by atoms with Crippen LogP contribution < -0.4 is 14.8 Å². The van der Waals surface area contributed by atoms with Crippen LogP contribution in [0.2, 0.25) is 0 Å². The predicted octanol–water partition coefficient (Wildman–Crippen LogP) is 3.36. The number of rotatable bonds is 7. The van der Waals surface area contributed by atoms with Gasteiger partial charge < -0.3 is 14.8 Å². The van der Waals surface area contributed by atoms with Gasteiger partial charge in [-0.15, -0.1) is 0 Å². The molecule has 0 saturated carbocycles. The number of ether oxygens (including phenoxy) is 2. The summed E-state index contributed by atoms with van der Waals surface area (Å²) < 4.78 is 23.9. The van der Waals surface area contributed by atoms with Crippen LogP contribution in [0.1, 0.15) is 21.5 Å². The average Bonchev–Trinajstić information content (AvgIpc) is 2.74. The van der Waals surface area contributed by atoms with Crippen molar-refractivity contribution in [1.82, 2.24) is 9.97 Å². The molecule has 1 N–H and O–H groups in total. The van der Waals surface area contributed by atoms with Crippen molar-refractivity contribution in [2.45, 2.75) is 17.7 Å². The van der Waals surface area contributed by atoms with E-state index in [1.807, 2.05) is 13.0 Å². The monoisotopic (exact) mass is 411 g/mol. The fourth-order valence-electron chi connectivity index (χ4n) is 2.94. The van der Waals surface area contributed by atoms with Crippen LogP contribution in [-0.4, -0.2) is 34.3 Å². The molecule has 150 valence electrons. The van der Waals surface area contributed by atoms with Crippen molar-refractivity contribution in [2.24, 2.45) is 0 Å². The lowest BCUT2D eigenvalue weighted by Crippen LogP contribution is -2.16. The minimum absolute atomic E-state index is 0.153. The second-order valence-corrected chi connectivity index (χ2v) is 7.49. The number of methoxy groups -OCH3 is 2. The minimum atomic E-state index is -1.56. The van der Waals surface area contributed by atoms with Crippen LogP contribution in [0.15, 0.2) is 60.0 Å². The van der Waals surface area contributed by atoms with E-state index < -0.39 is 10.8 Å². The summed E-state index contributed by atoms with van der Waals surface area (Å²) in [5.74, 6) is 1.06. The van der Waals surface area contributed by atoms with Crippen LogP contribution in [0.3, 0.4) is 0 Å². The van der Waals surface area contributed by atoms with Crippen LogP contribution >= 0.6 is 0 Å². The van der Waals surface area contributed by atoms with Crippen LogP contribution in [-0.2, 0) is 16.6 Å². The zero-order chi connectivity index (χ0) is 20.8. The summed E-state index contributed by atoms with van der Waals surface area (Å²) in [6.07, 6.45) is 4.68. The summed E-state index contributed by atoms with van der Waals surface area (Å²) in [6, 6.07) is 10.2. The number of carbonyl (C=O) groups excluding carboxylic acids is 1. The van der Waals surface area contributed by atoms with Gasteiger partial charge in [0.05, 0.1) is 36.3 Å². The van der Waals surface area contributed by atoms with E-state index >= 15 is 0 Å². The first kappa shape index (κ1) is 20.5. The highest BCUT2D eigenvalue weighted by molar-refractivity contribution is 7.84. The molecule has 1 unspecified atom stereocenters. The molecule has 2 aromatic heterocycles. The van der Waals surface area contributed by atoms with Gasteiger partial charge in [0.1, 0.15) is 16.5 Å². The molecule has 7 nitrogen and oxygen atoms in total. The van der Waals surface area contributed by atoms with E-state index in [-0.39, 0.29) is 22.2 Å². The predicted molar refractivity (Wildman–Crippen MR) is 111 cm³/mol. The van der Waals surface area contributed by atoms with Gasteiger partial charge in [0.25, 0.3) is 5.91 Å². The van der Waals surface area contributed by atoms with Crippen molar-refractivity contribution in [1.29, 1.82) is 0 Å². The lowest BCUT2D eigenvalue weighted by Gasteiger charge is -2.15. The van der Waals surface area contributed by atoms with Gasteiger partial charge in [0, 0.05) is 35.4 Å². The third-order valence-corrected chi connectivity index (χ3v) is 5.65. The van der Waals surface area contributed by atoms with Crippen LogP contribution in [0, 0.1) is 6.92 Å². The lowest BCUT2D eigenvalue weighted by atomic mass is 10.1. The number of anilines is 1. The minimum Gasteiger partial charge on any atom is -0.496 e. The van der Waals surface area contributed by atoms with Crippen molar-refractivity contribution in [2.75, 3.05) is 19.5 Å². The number of amides is 1. The number of nitrogens with one attached hydrogen (secondary N) is 1. The second kappa shape index (κ2) is 9.29. The molecule has 0 fully saturated rings. The Balaban J connectivity index is 1.88. The molecule has 3 rings (SSSR count). The third-order valence-electron chi connectivity index (χ3n) is 4.32. The number of carbonyl (C=O) groups is 1. The summed E-state index contributed by atoms with van der Waals surface area (Å²) in [6.45, 7) is 1.87. The molecule has 0 bridgehead atoms. The van der Waals surface area contributed by atoms with Gasteiger partial charge in [-0.2, -0.15) is 0 Å². The molecule has 29 heavy (non-hydrogen) atoms. The Morgan fingerprint density at radius 3 is 2.52 bits per heavy atom. The molecule has 0 aliphatic carbocycles. The Morgan fingerprint density at radius 2 is 1.83 bits per heavy atom. The topological polar surface area (TPSA) is 90.4 Å². The number of hydrogen-bond donors (Lipinski definition) is 1. The van der Waals surface area contributed by atoms with Gasteiger partial charge in [-0.25, -0.2) is 4.98 Å². The highest BCUT2D eigenvalue weighted by Crippen LogP contribution is 2.32. The van der Waals surface area contributed by atoms with Crippen molar-refractivity contribution in [3.63, 3.8) is 0 Å². The molecular formula is C21H21N3O4S. The zero-order valence-electron chi connectivity index (χ0n) is 16.3. The smallest absolute Gasteiger partial charge is 0.258 e. The van der Waals surface area contributed by atoms with Crippen LogP contribution in [0.4, 0.5) is 5.69 Å². The molecule has 1 amide bonds. The van der Waals surface area contributed by atoms with E-state index in [1.165, 1.54) is 6.20 Å². The SMILES string of the molecule is COc1ccc(CS(=O)c2ncccc2C(=O)Nc2ccncc2)c(OC)c1C. The maximum atomic E-state index is 13.1. The first-order chi connectivity index (χ1) is 14.0. The molecule has 8 heteroatoms. The molecule has 1 aromatic carbocycles. The Morgan fingerprint density at radius 1 is 1.07 bits per heavy atom. The number of pyridine rings is 2. The first-order valence-electron chi connectivity index (χ1n) is 8.80. The van der Waals surface area contributed by atoms with Gasteiger partial charge in [-0.05, 0) is 37.3 Å². The molecule has 3 aromatic rings. The van der Waals surface area contributed by atoms with Gasteiger partial charge in [-0.3, -0.25) is 14.0 Å². The number of aromatic nitrogens is 2. The standard InChI is InChI=1S/C21H21N3O4S/c1-14-18(27-2)7-6-15(19(14)28-3)13-29(26)21-17(5-4-10-23-21)20(25)24-16-8-11-22-12-9-16/h4-12H,13H2,1-3H3,(H,22,24,25). The maximum Gasteiger partial charge on any atom is 0.258 e. The van der Waals surface area contributed by atoms with E-state index in [9.17, 15) is 9.00 Å². The van der Waals surface area contributed by atoms with Gasteiger partial charge in [-0.1, -0.05) is 6.07 Å². The Hall–Kier alpha value is -3.26. The highest BCUT2D eigenvalue weighted by Gasteiger charge is 2.20. The first-order valence-corrected chi connectivity index (χ1v) is 10.1. The molecule has 0 aliphatic heterocycles. The summed E-state index contributed by atoms with van der Waals surface area (Å²) in [7, 11) is 1.58. The molecular weight excluding hydrogens is 390 g/mol. The summed E-state index contributed by atoms with van der Waals surface area (Å²) in [5, 5.41) is 2.99. The number of hydrogen-bond acceptors (Lipinski definition) is 6. The normalized spacial score (nSPS) is 11.6. The lowest BCUT2D eigenvalue weighted by molar-refractivity contribution is 0.102. The molecule has 1 atom stereocenters. The fraction of sp³-hybridized carbons (Fsp3) is 0.190. The van der Waals surface area contributed by atoms with Gasteiger partial charge in [0.2, 0.25) is 0 Å². The molecule has 0 saturated heterocycles. The van der Waals surface area contributed by atoms with Gasteiger partial charge >= 0.3 is 0 Å². The second-order valence-electron chi connectivity index (χ2n) is 6.12. The number of benzene rings is 1. The molecule has 0 radical (unpaired) electrons. The maximum absolute atomic E-state index is 13.1. The third kappa shape index (κ3) is 4.60.